The lowest BCUT2D eigenvalue weighted by atomic mass is 10.1. The molecule has 2 aromatic carbocycles. The molecule has 0 N–H and O–H groups in total. The Morgan fingerprint density at radius 2 is 1.72 bits per heavy atom. The Morgan fingerprint density at radius 1 is 1.04 bits per heavy atom. The van der Waals surface area contributed by atoms with Gasteiger partial charge in [-0.05, 0) is 50.2 Å². The summed E-state index contributed by atoms with van der Waals surface area (Å²) < 4.78 is 15.8. The molecule has 0 saturated carbocycles. The minimum Gasteiger partial charge on any atom is -0.497 e. The largest absolute Gasteiger partial charge is 0.497 e. The summed E-state index contributed by atoms with van der Waals surface area (Å²) in [5, 5.41) is 3.95. The van der Waals surface area contributed by atoms with E-state index in [4.69, 9.17) is 14.0 Å². The molecule has 0 aliphatic carbocycles. The Kier molecular flexibility index (Phi) is 4.84. The van der Waals surface area contributed by atoms with Gasteiger partial charge in [0.1, 0.15) is 18.1 Å². The molecule has 3 aromatic rings. The Bertz CT molecular complexity index is 861. The van der Waals surface area contributed by atoms with Crippen molar-refractivity contribution in [3.05, 3.63) is 70.9 Å². The van der Waals surface area contributed by atoms with Crippen molar-refractivity contribution in [3.8, 4) is 17.1 Å². The van der Waals surface area contributed by atoms with Crippen LogP contribution in [-0.4, -0.2) is 18.2 Å². The van der Waals surface area contributed by atoms with Gasteiger partial charge in [-0.15, -0.1) is 0 Å². The molecule has 0 saturated heterocycles. The predicted molar refractivity (Wildman–Crippen MR) is 93.5 cm³/mol. The van der Waals surface area contributed by atoms with E-state index in [1.807, 2.05) is 44.2 Å². The smallest absolute Gasteiger partial charge is 0.338 e. The van der Waals surface area contributed by atoms with Crippen LogP contribution in [0.25, 0.3) is 11.3 Å². The second-order valence-corrected chi connectivity index (χ2v) is 5.86. The third kappa shape index (κ3) is 4.07. The number of esters is 1. The SMILES string of the molecule is COc1ccc(-c2cc(COC(=O)c3cc(C)cc(C)c3)no2)cc1. The first-order valence-electron chi connectivity index (χ1n) is 7.90. The number of methoxy groups -OCH3 is 1. The zero-order chi connectivity index (χ0) is 17.8. The van der Waals surface area contributed by atoms with Crippen LogP contribution in [0.1, 0.15) is 27.2 Å². The number of rotatable bonds is 5. The summed E-state index contributed by atoms with van der Waals surface area (Å²) in [4.78, 5) is 12.2. The van der Waals surface area contributed by atoms with E-state index in [1.165, 1.54) is 0 Å². The summed E-state index contributed by atoms with van der Waals surface area (Å²) in [5.41, 5.74) is 4.02. The molecule has 5 nitrogen and oxygen atoms in total. The first kappa shape index (κ1) is 16.8. The van der Waals surface area contributed by atoms with Crippen LogP contribution < -0.4 is 4.74 Å². The van der Waals surface area contributed by atoms with Gasteiger partial charge in [0, 0.05) is 11.6 Å². The average molecular weight is 337 g/mol. The number of aryl methyl sites for hydroxylation is 2. The van der Waals surface area contributed by atoms with E-state index in [2.05, 4.69) is 5.16 Å². The standard InChI is InChI=1S/C20H19NO4/c1-13-8-14(2)10-16(9-13)20(22)24-12-17-11-19(25-21-17)15-4-6-18(23-3)7-5-15/h4-11H,12H2,1-3H3. The zero-order valence-corrected chi connectivity index (χ0v) is 14.4. The number of aromatic nitrogens is 1. The summed E-state index contributed by atoms with van der Waals surface area (Å²) in [6.07, 6.45) is 0. The maximum Gasteiger partial charge on any atom is 0.338 e. The van der Waals surface area contributed by atoms with E-state index in [1.54, 1.807) is 25.3 Å². The molecule has 25 heavy (non-hydrogen) atoms. The van der Waals surface area contributed by atoms with Gasteiger partial charge in [-0.2, -0.15) is 0 Å². The Balaban J connectivity index is 1.65. The van der Waals surface area contributed by atoms with Gasteiger partial charge in [0.25, 0.3) is 0 Å². The Morgan fingerprint density at radius 3 is 2.36 bits per heavy atom. The molecule has 0 atom stereocenters. The summed E-state index contributed by atoms with van der Waals surface area (Å²) in [5.74, 6) is 1.01. The fourth-order valence-electron chi connectivity index (χ4n) is 2.59. The number of hydrogen-bond acceptors (Lipinski definition) is 5. The van der Waals surface area contributed by atoms with Crippen molar-refractivity contribution >= 4 is 5.97 Å². The number of carbonyl (C=O) groups is 1. The van der Waals surface area contributed by atoms with Crippen LogP contribution in [0.5, 0.6) is 5.75 Å². The van der Waals surface area contributed by atoms with Crippen molar-refractivity contribution < 1.29 is 18.8 Å². The summed E-state index contributed by atoms with van der Waals surface area (Å²) in [7, 11) is 1.62. The number of hydrogen-bond donors (Lipinski definition) is 0. The number of benzene rings is 2. The zero-order valence-electron chi connectivity index (χ0n) is 14.4. The molecule has 0 amide bonds. The molecule has 0 aliphatic heterocycles. The molecule has 1 aromatic heterocycles. The third-order valence-electron chi connectivity index (χ3n) is 3.74. The van der Waals surface area contributed by atoms with E-state index in [0.717, 1.165) is 22.4 Å². The maximum atomic E-state index is 12.2. The molecule has 0 aliphatic rings. The number of ether oxygens (including phenoxy) is 2. The van der Waals surface area contributed by atoms with Crippen molar-refractivity contribution in [3.63, 3.8) is 0 Å². The molecule has 0 radical (unpaired) electrons. The van der Waals surface area contributed by atoms with Crippen molar-refractivity contribution in [1.29, 1.82) is 0 Å². The minimum absolute atomic E-state index is 0.0610. The monoisotopic (exact) mass is 337 g/mol. The fraction of sp³-hybridized carbons (Fsp3) is 0.200. The van der Waals surface area contributed by atoms with Crippen LogP contribution in [0.4, 0.5) is 0 Å². The lowest BCUT2D eigenvalue weighted by molar-refractivity contribution is 0.0464. The highest BCUT2D eigenvalue weighted by atomic mass is 16.5. The van der Waals surface area contributed by atoms with E-state index in [0.29, 0.717) is 17.0 Å². The van der Waals surface area contributed by atoms with Gasteiger partial charge in [0.15, 0.2) is 5.76 Å². The fourth-order valence-corrected chi connectivity index (χ4v) is 2.59. The molecule has 0 unspecified atom stereocenters. The van der Waals surface area contributed by atoms with Gasteiger partial charge in [0.05, 0.1) is 12.7 Å². The van der Waals surface area contributed by atoms with E-state index in [-0.39, 0.29) is 12.6 Å². The first-order chi connectivity index (χ1) is 12.0. The topological polar surface area (TPSA) is 61.6 Å². The molecule has 5 heteroatoms. The molecule has 0 fully saturated rings. The van der Waals surface area contributed by atoms with E-state index >= 15 is 0 Å². The van der Waals surface area contributed by atoms with Crippen LogP contribution in [0, 0.1) is 13.8 Å². The number of nitrogens with zero attached hydrogens (tertiary/aromatic N) is 1. The van der Waals surface area contributed by atoms with Crippen LogP contribution in [-0.2, 0) is 11.3 Å². The molecule has 3 rings (SSSR count). The van der Waals surface area contributed by atoms with Crippen molar-refractivity contribution in [2.45, 2.75) is 20.5 Å². The maximum absolute atomic E-state index is 12.2. The van der Waals surface area contributed by atoms with Gasteiger partial charge in [-0.3, -0.25) is 0 Å². The number of carbonyl (C=O) groups excluding carboxylic acids is 1. The minimum atomic E-state index is -0.374. The highest BCUT2D eigenvalue weighted by molar-refractivity contribution is 5.89. The second kappa shape index (κ2) is 7.21. The lowest BCUT2D eigenvalue weighted by Gasteiger charge is -2.05. The van der Waals surface area contributed by atoms with Crippen LogP contribution in [0.2, 0.25) is 0 Å². The summed E-state index contributed by atoms with van der Waals surface area (Å²) >= 11 is 0. The third-order valence-corrected chi connectivity index (χ3v) is 3.74. The molecule has 0 spiro atoms. The second-order valence-electron chi connectivity index (χ2n) is 5.86. The quantitative estimate of drug-likeness (QED) is 0.649. The Hall–Kier alpha value is -3.08. The van der Waals surface area contributed by atoms with Gasteiger partial charge < -0.3 is 14.0 Å². The van der Waals surface area contributed by atoms with Crippen molar-refractivity contribution in [1.82, 2.24) is 5.16 Å². The van der Waals surface area contributed by atoms with E-state index in [9.17, 15) is 4.79 Å². The van der Waals surface area contributed by atoms with Crippen LogP contribution in [0.15, 0.2) is 53.1 Å². The van der Waals surface area contributed by atoms with Crippen molar-refractivity contribution in [2.75, 3.05) is 7.11 Å². The normalized spacial score (nSPS) is 10.5. The lowest BCUT2D eigenvalue weighted by Crippen LogP contribution is -2.06. The Labute approximate surface area is 146 Å². The molecule has 0 bridgehead atoms. The van der Waals surface area contributed by atoms with Gasteiger partial charge in [0.2, 0.25) is 0 Å². The summed E-state index contributed by atoms with van der Waals surface area (Å²) in [6.45, 7) is 3.95. The van der Waals surface area contributed by atoms with Crippen LogP contribution in [0.3, 0.4) is 0 Å². The predicted octanol–water partition coefficient (Wildman–Crippen LogP) is 4.32. The van der Waals surface area contributed by atoms with E-state index < -0.39 is 0 Å². The molecule has 1 heterocycles. The van der Waals surface area contributed by atoms with Crippen LogP contribution >= 0.6 is 0 Å². The molecule has 128 valence electrons. The van der Waals surface area contributed by atoms with Gasteiger partial charge >= 0.3 is 5.97 Å². The highest BCUT2D eigenvalue weighted by Gasteiger charge is 2.12. The molecular weight excluding hydrogens is 318 g/mol. The summed E-state index contributed by atoms with van der Waals surface area (Å²) in [6, 6.07) is 14.8. The van der Waals surface area contributed by atoms with Crippen molar-refractivity contribution in [2.24, 2.45) is 0 Å². The molecular formula is C20H19NO4. The average Bonchev–Trinajstić information content (AvgIpc) is 3.08. The first-order valence-corrected chi connectivity index (χ1v) is 7.90. The van der Waals surface area contributed by atoms with Gasteiger partial charge in [-0.1, -0.05) is 22.3 Å². The highest BCUT2D eigenvalue weighted by Crippen LogP contribution is 2.23. The van der Waals surface area contributed by atoms with Gasteiger partial charge in [-0.25, -0.2) is 4.79 Å².